The summed E-state index contributed by atoms with van der Waals surface area (Å²) in [6.45, 7) is 0.456. The van der Waals surface area contributed by atoms with Crippen LogP contribution in [0.3, 0.4) is 0 Å². The number of benzene rings is 2. The molecule has 1 aliphatic heterocycles. The molecule has 0 amide bonds. The van der Waals surface area contributed by atoms with E-state index in [1.54, 1.807) is 20.0 Å². The van der Waals surface area contributed by atoms with Crippen molar-refractivity contribution in [2.75, 3.05) is 6.54 Å². The number of fused-ring (bicyclic) bond motifs is 3. The molecule has 0 fully saturated rings. The predicted molar refractivity (Wildman–Crippen MR) is 167 cm³/mol. The Morgan fingerprint density at radius 3 is 2.78 bits per heavy atom. The van der Waals surface area contributed by atoms with E-state index in [2.05, 4.69) is 15.3 Å². The van der Waals surface area contributed by atoms with Gasteiger partial charge in [0.1, 0.15) is 22.0 Å². The zero-order valence-electron chi connectivity index (χ0n) is 24.8. The standard InChI is InChI=1S/C30H28ClF2N5O6S2/c1-4-20-14-38(46(41,42)24-9-19(31)12-34-29(24)43-20)13-18-8-17(7-16-5-6-45-28(16)18)22(11-25(39)40)21-10-23(44-30(32)33)27-26(15(21)2)35-36-37(27)3/h5-10,12,20,22,30H,4,11,13-14H2,1-3H3,(H,39,40)/t20-,22-/m1/s1. The van der Waals surface area contributed by atoms with E-state index in [-0.39, 0.29) is 46.6 Å². The highest BCUT2D eigenvalue weighted by atomic mass is 35.5. The highest BCUT2D eigenvalue weighted by Gasteiger charge is 2.36. The minimum Gasteiger partial charge on any atom is -0.481 e. The van der Waals surface area contributed by atoms with E-state index in [0.29, 0.717) is 34.2 Å². The lowest BCUT2D eigenvalue weighted by atomic mass is 9.84. The van der Waals surface area contributed by atoms with E-state index in [0.717, 1.165) is 10.1 Å². The molecule has 2 aromatic carbocycles. The van der Waals surface area contributed by atoms with Crippen molar-refractivity contribution in [1.82, 2.24) is 24.3 Å². The van der Waals surface area contributed by atoms with E-state index < -0.39 is 34.6 Å². The molecule has 0 spiro atoms. The van der Waals surface area contributed by atoms with Crippen molar-refractivity contribution in [3.63, 3.8) is 0 Å². The van der Waals surface area contributed by atoms with Crippen LogP contribution < -0.4 is 9.47 Å². The molecule has 46 heavy (non-hydrogen) atoms. The Bertz CT molecular complexity index is 2090. The normalized spacial score (nSPS) is 17.2. The zero-order valence-corrected chi connectivity index (χ0v) is 27.2. The molecule has 3 aromatic heterocycles. The number of carboxylic acids is 1. The van der Waals surface area contributed by atoms with Gasteiger partial charge in [-0.15, -0.1) is 16.4 Å². The number of rotatable bonds is 9. The summed E-state index contributed by atoms with van der Waals surface area (Å²) in [7, 11) is -2.57. The molecule has 5 aromatic rings. The fourth-order valence-corrected chi connectivity index (χ4v) is 8.52. The summed E-state index contributed by atoms with van der Waals surface area (Å²) >= 11 is 7.56. The van der Waals surface area contributed by atoms with Crippen LogP contribution in [0.5, 0.6) is 11.6 Å². The minimum atomic E-state index is -4.12. The average Bonchev–Trinajstić information content (AvgIpc) is 3.62. The van der Waals surface area contributed by atoms with Crippen LogP contribution in [0.4, 0.5) is 8.78 Å². The fourth-order valence-electron chi connectivity index (χ4n) is 5.86. The number of alkyl halides is 2. The fraction of sp³-hybridized carbons (Fsp3) is 0.333. The Hall–Kier alpha value is -3.92. The number of carboxylic acid groups (broad SMARTS) is 1. The van der Waals surface area contributed by atoms with Crippen LogP contribution in [-0.2, 0) is 28.4 Å². The van der Waals surface area contributed by atoms with Crippen LogP contribution in [0.1, 0.15) is 47.9 Å². The molecular weight excluding hydrogens is 664 g/mol. The molecule has 0 saturated heterocycles. The van der Waals surface area contributed by atoms with Gasteiger partial charge in [-0.1, -0.05) is 29.8 Å². The Morgan fingerprint density at radius 2 is 2.07 bits per heavy atom. The van der Waals surface area contributed by atoms with Gasteiger partial charge in [-0.3, -0.25) is 4.79 Å². The number of aromatic nitrogens is 4. The lowest BCUT2D eigenvalue weighted by molar-refractivity contribution is -0.137. The highest BCUT2D eigenvalue weighted by Crippen LogP contribution is 2.41. The van der Waals surface area contributed by atoms with Crippen LogP contribution in [-0.4, -0.2) is 63.0 Å². The lowest BCUT2D eigenvalue weighted by Crippen LogP contribution is -2.36. The number of thiophene rings is 1. The van der Waals surface area contributed by atoms with E-state index in [9.17, 15) is 27.1 Å². The summed E-state index contributed by atoms with van der Waals surface area (Å²) < 4.78 is 69.2. The lowest BCUT2D eigenvalue weighted by Gasteiger charge is -2.24. The van der Waals surface area contributed by atoms with Gasteiger partial charge in [-0.05, 0) is 70.6 Å². The maximum Gasteiger partial charge on any atom is 0.387 e. The smallest absolute Gasteiger partial charge is 0.387 e. The molecule has 16 heteroatoms. The number of nitrogens with zero attached hydrogens (tertiary/aromatic N) is 5. The van der Waals surface area contributed by atoms with Crippen molar-refractivity contribution >= 4 is 60.0 Å². The molecule has 0 unspecified atom stereocenters. The zero-order chi connectivity index (χ0) is 32.9. The first-order chi connectivity index (χ1) is 21.9. The molecule has 0 bridgehead atoms. The van der Waals surface area contributed by atoms with Crippen molar-refractivity contribution in [2.45, 2.75) is 56.8 Å². The second kappa shape index (κ2) is 12.4. The summed E-state index contributed by atoms with van der Waals surface area (Å²) in [5, 5.41) is 20.9. The Morgan fingerprint density at radius 1 is 1.28 bits per heavy atom. The number of carbonyl (C=O) groups is 1. The van der Waals surface area contributed by atoms with Crippen LogP contribution >= 0.6 is 22.9 Å². The number of hydrogen-bond acceptors (Lipinski definition) is 9. The molecule has 1 aliphatic rings. The van der Waals surface area contributed by atoms with Gasteiger partial charge in [-0.2, -0.15) is 13.1 Å². The second-order valence-electron chi connectivity index (χ2n) is 10.9. The SMILES string of the molecule is CC[C@@H]1CN(Cc2cc([C@@H](CC(=O)O)c3cc(OC(F)F)c4c(nnn4C)c3C)cc3ccsc23)S(=O)(=O)c2cc(Cl)cnc2O1. The van der Waals surface area contributed by atoms with Gasteiger partial charge in [0, 0.05) is 30.4 Å². The molecule has 242 valence electrons. The summed E-state index contributed by atoms with van der Waals surface area (Å²) in [5.41, 5.74) is 2.72. The molecule has 1 N–H and O–H groups in total. The molecular formula is C30H28ClF2N5O6S2. The summed E-state index contributed by atoms with van der Waals surface area (Å²) in [6.07, 6.45) is 0.970. The van der Waals surface area contributed by atoms with Gasteiger partial charge in [0.25, 0.3) is 0 Å². The molecule has 0 radical (unpaired) electrons. The average molecular weight is 692 g/mol. The quantitative estimate of drug-likeness (QED) is 0.194. The summed E-state index contributed by atoms with van der Waals surface area (Å²) in [4.78, 5) is 16.2. The number of hydrogen-bond donors (Lipinski definition) is 1. The summed E-state index contributed by atoms with van der Waals surface area (Å²) in [6, 6.07) is 8.20. The van der Waals surface area contributed by atoms with Gasteiger partial charge in [-0.25, -0.2) is 18.1 Å². The third kappa shape index (κ3) is 5.87. The Balaban J connectivity index is 1.50. The third-order valence-electron chi connectivity index (χ3n) is 8.05. The summed E-state index contributed by atoms with van der Waals surface area (Å²) in [5.74, 6) is -2.15. The van der Waals surface area contributed by atoms with Crippen molar-refractivity contribution < 1.29 is 36.6 Å². The van der Waals surface area contributed by atoms with E-state index in [1.165, 1.54) is 38.7 Å². The van der Waals surface area contributed by atoms with E-state index in [1.807, 2.05) is 24.4 Å². The van der Waals surface area contributed by atoms with Gasteiger partial charge in [0.2, 0.25) is 15.9 Å². The number of aliphatic carboxylic acids is 1. The number of pyridine rings is 1. The maximum absolute atomic E-state index is 14.0. The second-order valence-corrected chi connectivity index (χ2v) is 14.2. The van der Waals surface area contributed by atoms with Crippen LogP contribution in [0.2, 0.25) is 5.02 Å². The number of ether oxygens (including phenoxy) is 2. The van der Waals surface area contributed by atoms with Crippen molar-refractivity contribution in [2.24, 2.45) is 7.05 Å². The third-order valence-corrected chi connectivity index (χ3v) is 11.1. The van der Waals surface area contributed by atoms with E-state index >= 15 is 0 Å². The minimum absolute atomic E-state index is 0.0213. The van der Waals surface area contributed by atoms with Crippen molar-refractivity contribution in [3.05, 3.63) is 69.2 Å². The number of halogens is 3. The first-order valence-electron chi connectivity index (χ1n) is 14.2. The largest absolute Gasteiger partial charge is 0.481 e. The number of sulfonamides is 1. The first kappa shape index (κ1) is 32.0. The van der Waals surface area contributed by atoms with Crippen molar-refractivity contribution in [3.8, 4) is 11.6 Å². The van der Waals surface area contributed by atoms with Gasteiger partial charge in [0.05, 0.1) is 18.0 Å². The van der Waals surface area contributed by atoms with E-state index in [4.69, 9.17) is 21.1 Å². The first-order valence-corrected chi connectivity index (χ1v) is 16.9. The van der Waals surface area contributed by atoms with Crippen LogP contribution in [0, 0.1) is 6.92 Å². The van der Waals surface area contributed by atoms with Gasteiger partial charge < -0.3 is 14.6 Å². The topological polar surface area (TPSA) is 137 Å². The molecule has 2 atom stereocenters. The van der Waals surface area contributed by atoms with Crippen LogP contribution in [0.25, 0.3) is 21.1 Å². The van der Waals surface area contributed by atoms with Crippen molar-refractivity contribution in [1.29, 1.82) is 0 Å². The Labute approximate surface area is 271 Å². The van der Waals surface area contributed by atoms with Crippen LogP contribution in [0.15, 0.2) is 46.8 Å². The monoisotopic (exact) mass is 691 g/mol. The molecule has 0 saturated carbocycles. The maximum atomic E-state index is 14.0. The molecule has 4 heterocycles. The highest BCUT2D eigenvalue weighted by molar-refractivity contribution is 7.89. The van der Waals surface area contributed by atoms with Gasteiger partial charge >= 0.3 is 12.6 Å². The van der Waals surface area contributed by atoms with Gasteiger partial charge in [0.15, 0.2) is 5.75 Å². The molecule has 0 aliphatic carbocycles. The Kier molecular flexibility index (Phi) is 8.61. The predicted octanol–water partition coefficient (Wildman–Crippen LogP) is 6.11. The number of aryl methyl sites for hydroxylation is 2. The molecule has 6 rings (SSSR count). The molecule has 11 nitrogen and oxygen atoms in total.